The number of fused-ring (bicyclic) bond motifs is 1. The Labute approximate surface area is 222 Å². The maximum absolute atomic E-state index is 13.4. The van der Waals surface area contributed by atoms with Gasteiger partial charge in [0, 0.05) is 38.8 Å². The lowest BCUT2D eigenvalue weighted by molar-refractivity contribution is -0.149. The molecule has 3 heterocycles. The minimum atomic E-state index is -0.962. The molecule has 5 amide bonds. The highest BCUT2D eigenvalue weighted by Gasteiger charge is 2.48. The molecule has 204 valence electrons. The Kier molecular flexibility index (Phi) is 6.47. The molecule has 3 fully saturated rings. The van der Waals surface area contributed by atoms with Gasteiger partial charge in [-0.25, -0.2) is 4.79 Å². The van der Waals surface area contributed by atoms with Crippen molar-refractivity contribution in [3.05, 3.63) is 29.3 Å². The van der Waals surface area contributed by atoms with Crippen LogP contribution in [0.25, 0.3) is 0 Å². The Bertz CT molecular complexity index is 1190. The zero-order valence-corrected chi connectivity index (χ0v) is 22.5. The number of benzene rings is 1. The zero-order valence-electron chi connectivity index (χ0n) is 22.5. The number of nitrogens with zero attached hydrogens (tertiary/aromatic N) is 3. The molecule has 3 aliphatic heterocycles. The number of hydrogen-bond donors (Lipinski definition) is 1. The van der Waals surface area contributed by atoms with Crippen molar-refractivity contribution < 1.29 is 28.7 Å². The molecule has 0 aromatic heterocycles. The van der Waals surface area contributed by atoms with E-state index in [1.165, 1.54) is 7.05 Å². The van der Waals surface area contributed by atoms with Crippen molar-refractivity contribution in [2.24, 2.45) is 11.3 Å². The van der Waals surface area contributed by atoms with Gasteiger partial charge in [-0.05, 0) is 76.3 Å². The van der Waals surface area contributed by atoms with Crippen molar-refractivity contribution in [2.45, 2.75) is 70.9 Å². The SMILES string of the molecule is CN1C(=O)CCC(N2C(=O)c3cccc(NCC4CC5(CCN(C(=O)OC(C)(C)C)CC5)C4)c3C2=O)C1=O. The molecule has 1 N–H and O–H groups in total. The monoisotopic (exact) mass is 524 g/mol. The summed E-state index contributed by atoms with van der Waals surface area (Å²) in [6.45, 7) is 7.70. The van der Waals surface area contributed by atoms with Crippen molar-refractivity contribution in [3.63, 3.8) is 0 Å². The molecule has 1 atom stereocenters. The molecule has 1 aliphatic carbocycles. The average molecular weight is 525 g/mol. The Morgan fingerprint density at radius 3 is 2.42 bits per heavy atom. The predicted molar refractivity (Wildman–Crippen MR) is 138 cm³/mol. The molecular weight excluding hydrogens is 488 g/mol. The number of likely N-dealkylation sites (tertiary alicyclic amines) is 2. The van der Waals surface area contributed by atoms with E-state index in [0.717, 1.165) is 35.5 Å². The molecule has 1 aromatic carbocycles. The van der Waals surface area contributed by atoms with Crippen molar-refractivity contribution in [1.82, 2.24) is 14.7 Å². The van der Waals surface area contributed by atoms with Crippen molar-refractivity contribution in [2.75, 3.05) is 32.0 Å². The molecule has 10 nitrogen and oxygen atoms in total. The van der Waals surface area contributed by atoms with E-state index in [4.69, 9.17) is 4.74 Å². The Morgan fingerprint density at radius 1 is 1.08 bits per heavy atom. The van der Waals surface area contributed by atoms with Gasteiger partial charge in [-0.1, -0.05) is 6.07 Å². The molecule has 2 saturated heterocycles. The second-order valence-corrected chi connectivity index (χ2v) is 12.2. The Morgan fingerprint density at radius 2 is 1.76 bits per heavy atom. The molecule has 38 heavy (non-hydrogen) atoms. The number of anilines is 1. The first-order valence-corrected chi connectivity index (χ1v) is 13.4. The summed E-state index contributed by atoms with van der Waals surface area (Å²) in [6, 6.07) is 4.18. The maximum atomic E-state index is 13.4. The lowest BCUT2D eigenvalue weighted by Gasteiger charge is -2.52. The van der Waals surface area contributed by atoms with Crippen LogP contribution in [0.5, 0.6) is 0 Å². The zero-order chi connectivity index (χ0) is 27.4. The number of carbonyl (C=O) groups excluding carboxylic acids is 5. The fraction of sp³-hybridized carbons (Fsp3) is 0.607. The summed E-state index contributed by atoms with van der Waals surface area (Å²) in [4.78, 5) is 67.3. The van der Waals surface area contributed by atoms with E-state index in [0.29, 0.717) is 36.8 Å². The smallest absolute Gasteiger partial charge is 0.410 e. The lowest BCUT2D eigenvalue weighted by atomic mass is 9.57. The quantitative estimate of drug-likeness (QED) is 0.601. The van der Waals surface area contributed by atoms with Crippen LogP contribution in [0.1, 0.15) is 80.0 Å². The van der Waals surface area contributed by atoms with E-state index in [2.05, 4.69) is 5.32 Å². The topological polar surface area (TPSA) is 116 Å². The standard InChI is InChI=1S/C28H36N4O6/c1-27(2,3)38-26(37)31-12-10-28(11-13-31)14-17(15-28)16-29-19-7-5-6-18-22(19)25(36)32(23(18)34)20-8-9-21(33)30(4)24(20)35/h5-7,17,20,29H,8-16H2,1-4H3. The summed E-state index contributed by atoms with van der Waals surface area (Å²) in [7, 11) is 1.38. The van der Waals surface area contributed by atoms with E-state index in [-0.39, 0.29) is 35.8 Å². The van der Waals surface area contributed by atoms with Gasteiger partial charge in [0.2, 0.25) is 5.91 Å². The van der Waals surface area contributed by atoms with Gasteiger partial charge in [-0.2, -0.15) is 0 Å². The number of rotatable bonds is 4. The number of imide groups is 2. The minimum Gasteiger partial charge on any atom is -0.444 e. The van der Waals surface area contributed by atoms with E-state index < -0.39 is 29.4 Å². The van der Waals surface area contributed by atoms with Crippen LogP contribution >= 0.6 is 0 Å². The highest BCUT2D eigenvalue weighted by Crippen LogP contribution is 2.52. The second-order valence-electron chi connectivity index (χ2n) is 12.2. The lowest BCUT2D eigenvalue weighted by Crippen LogP contribution is -2.54. The summed E-state index contributed by atoms with van der Waals surface area (Å²) >= 11 is 0. The highest BCUT2D eigenvalue weighted by molar-refractivity contribution is 6.25. The minimum absolute atomic E-state index is 0.115. The molecule has 0 bridgehead atoms. The van der Waals surface area contributed by atoms with Crippen molar-refractivity contribution in [3.8, 4) is 0 Å². The Hall–Kier alpha value is -3.43. The van der Waals surface area contributed by atoms with Gasteiger partial charge in [-0.3, -0.25) is 29.0 Å². The molecule has 0 radical (unpaired) electrons. The predicted octanol–water partition coefficient (Wildman–Crippen LogP) is 3.27. The molecule has 1 aromatic rings. The third-order valence-corrected chi connectivity index (χ3v) is 8.38. The number of nitrogens with one attached hydrogen (secondary N) is 1. The van der Waals surface area contributed by atoms with Gasteiger partial charge < -0.3 is 15.0 Å². The van der Waals surface area contributed by atoms with Crippen molar-refractivity contribution in [1.29, 1.82) is 0 Å². The number of amides is 5. The van der Waals surface area contributed by atoms with Gasteiger partial charge >= 0.3 is 6.09 Å². The Balaban J connectivity index is 1.18. The van der Waals surface area contributed by atoms with Gasteiger partial charge in [0.25, 0.3) is 17.7 Å². The van der Waals surface area contributed by atoms with Gasteiger partial charge in [0.05, 0.1) is 11.1 Å². The van der Waals surface area contributed by atoms with Crippen LogP contribution in [0.15, 0.2) is 18.2 Å². The number of hydrogen-bond acceptors (Lipinski definition) is 7. The molecule has 5 rings (SSSR count). The average Bonchev–Trinajstić information content (AvgIpc) is 3.09. The molecular formula is C28H36N4O6. The summed E-state index contributed by atoms with van der Waals surface area (Å²) in [5.41, 5.74) is 0.923. The van der Waals surface area contributed by atoms with E-state index in [9.17, 15) is 24.0 Å². The molecule has 10 heteroatoms. The van der Waals surface area contributed by atoms with E-state index in [1.807, 2.05) is 20.8 Å². The van der Waals surface area contributed by atoms with Crippen molar-refractivity contribution >= 4 is 35.4 Å². The number of likely N-dealkylation sites (N-methyl/N-ethyl adjacent to an activating group) is 1. The largest absolute Gasteiger partial charge is 0.444 e. The van der Waals surface area contributed by atoms with E-state index in [1.54, 1.807) is 23.1 Å². The normalized spacial score (nSPS) is 23.6. The van der Waals surface area contributed by atoms with Gasteiger partial charge in [-0.15, -0.1) is 0 Å². The van der Waals surface area contributed by atoms with Crippen LogP contribution in [0, 0.1) is 11.3 Å². The van der Waals surface area contributed by atoms with Crippen LogP contribution in [-0.4, -0.2) is 82.7 Å². The summed E-state index contributed by atoms with van der Waals surface area (Å²) in [5, 5.41) is 3.39. The fourth-order valence-corrected chi connectivity index (χ4v) is 6.33. The van der Waals surface area contributed by atoms with Crippen LogP contribution in [0.2, 0.25) is 0 Å². The van der Waals surface area contributed by atoms with Crippen LogP contribution in [0.3, 0.4) is 0 Å². The molecule has 1 saturated carbocycles. The van der Waals surface area contributed by atoms with Crippen LogP contribution < -0.4 is 5.32 Å². The first kappa shape index (κ1) is 26.2. The third kappa shape index (κ3) is 4.65. The van der Waals surface area contributed by atoms with Gasteiger partial charge in [0.1, 0.15) is 11.6 Å². The maximum Gasteiger partial charge on any atom is 0.410 e. The molecule has 1 spiro atoms. The van der Waals surface area contributed by atoms with Crippen LogP contribution in [0.4, 0.5) is 10.5 Å². The summed E-state index contributed by atoms with van der Waals surface area (Å²) in [5.74, 6) is -1.38. The number of carbonyl (C=O) groups is 5. The highest BCUT2D eigenvalue weighted by atomic mass is 16.6. The van der Waals surface area contributed by atoms with Crippen LogP contribution in [-0.2, 0) is 14.3 Å². The number of piperidine rings is 2. The summed E-state index contributed by atoms with van der Waals surface area (Å²) in [6.07, 6.45) is 4.02. The second kappa shape index (κ2) is 9.39. The molecule has 1 unspecified atom stereocenters. The molecule has 4 aliphatic rings. The fourth-order valence-electron chi connectivity index (χ4n) is 6.33. The first-order valence-electron chi connectivity index (χ1n) is 13.4. The summed E-state index contributed by atoms with van der Waals surface area (Å²) < 4.78 is 5.51. The van der Waals surface area contributed by atoms with E-state index >= 15 is 0 Å². The first-order chi connectivity index (χ1) is 17.9. The third-order valence-electron chi connectivity index (χ3n) is 8.38. The number of ether oxygens (including phenoxy) is 1. The van der Waals surface area contributed by atoms with Gasteiger partial charge in [0.15, 0.2) is 0 Å².